The third-order valence-corrected chi connectivity index (χ3v) is 3.90. The number of nitrogens with two attached hydrogens (primary N) is 1. The SMILES string of the molecule is COC(=O)c1ccc(N)c(N2CCC(C)CC2C)c1. The molecule has 0 amide bonds. The van der Waals surface area contributed by atoms with Crippen molar-refractivity contribution in [3.63, 3.8) is 0 Å². The number of rotatable bonds is 2. The lowest BCUT2D eigenvalue weighted by atomic mass is 9.92. The first-order valence-electron chi connectivity index (χ1n) is 6.77. The van der Waals surface area contributed by atoms with Crippen molar-refractivity contribution in [1.29, 1.82) is 0 Å². The molecule has 2 atom stereocenters. The summed E-state index contributed by atoms with van der Waals surface area (Å²) in [6, 6.07) is 5.78. The van der Waals surface area contributed by atoms with Gasteiger partial charge >= 0.3 is 5.97 Å². The van der Waals surface area contributed by atoms with Gasteiger partial charge in [-0.3, -0.25) is 0 Å². The maximum Gasteiger partial charge on any atom is 0.337 e. The molecule has 0 bridgehead atoms. The predicted octanol–water partition coefficient (Wildman–Crippen LogP) is 2.68. The second kappa shape index (κ2) is 5.51. The number of esters is 1. The van der Waals surface area contributed by atoms with Crippen LogP contribution in [0.5, 0.6) is 0 Å². The summed E-state index contributed by atoms with van der Waals surface area (Å²) in [6.45, 7) is 5.47. The van der Waals surface area contributed by atoms with E-state index in [1.165, 1.54) is 7.11 Å². The zero-order valence-electron chi connectivity index (χ0n) is 11.8. The molecule has 1 aromatic rings. The summed E-state index contributed by atoms with van der Waals surface area (Å²) in [5.74, 6) is 0.426. The van der Waals surface area contributed by atoms with Crippen LogP contribution < -0.4 is 10.6 Å². The molecule has 0 radical (unpaired) electrons. The van der Waals surface area contributed by atoms with E-state index in [2.05, 4.69) is 18.7 Å². The zero-order chi connectivity index (χ0) is 14.0. The van der Waals surface area contributed by atoms with Crippen molar-refractivity contribution in [1.82, 2.24) is 0 Å². The average molecular weight is 262 g/mol. The molecule has 2 N–H and O–H groups in total. The normalized spacial score (nSPS) is 23.2. The fraction of sp³-hybridized carbons (Fsp3) is 0.533. The second-order valence-corrected chi connectivity index (χ2v) is 5.44. The fourth-order valence-corrected chi connectivity index (χ4v) is 2.80. The molecule has 104 valence electrons. The van der Waals surface area contributed by atoms with E-state index in [9.17, 15) is 4.79 Å². The Balaban J connectivity index is 2.30. The van der Waals surface area contributed by atoms with Crippen LogP contribution in [0, 0.1) is 5.92 Å². The molecule has 1 aliphatic heterocycles. The van der Waals surface area contributed by atoms with Crippen LogP contribution in [0.1, 0.15) is 37.0 Å². The van der Waals surface area contributed by atoms with Crippen LogP contribution in [0.4, 0.5) is 11.4 Å². The van der Waals surface area contributed by atoms with Crippen LogP contribution in [0.25, 0.3) is 0 Å². The fourth-order valence-electron chi connectivity index (χ4n) is 2.80. The number of carbonyl (C=O) groups excluding carboxylic acids is 1. The molecular weight excluding hydrogens is 240 g/mol. The highest BCUT2D eigenvalue weighted by Gasteiger charge is 2.25. The molecule has 4 heteroatoms. The third kappa shape index (κ3) is 2.83. The summed E-state index contributed by atoms with van der Waals surface area (Å²) < 4.78 is 4.76. The van der Waals surface area contributed by atoms with Gasteiger partial charge in [-0.05, 0) is 43.9 Å². The summed E-state index contributed by atoms with van der Waals surface area (Å²) in [6.07, 6.45) is 2.31. The van der Waals surface area contributed by atoms with E-state index >= 15 is 0 Å². The second-order valence-electron chi connectivity index (χ2n) is 5.44. The van der Waals surface area contributed by atoms with Gasteiger partial charge in [0.15, 0.2) is 0 Å². The van der Waals surface area contributed by atoms with Crippen molar-refractivity contribution in [2.45, 2.75) is 32.7 Å². The molecule has 2 unspecified atom stereocenters. The Hall–Kier alpha value is -1.71. The van der Waals surface area contributed by atoms with Gasteiger partial charge in [-0.2, -0.15) is 0 Å². The van der Waals surface area contributed by atoms with Crippen LogP contribution in [-0.2, 0) is 4.74 Å². The molecule has 1 saturated heterocycles. The number of anilines is 2. The van der Waals surface area contributed by atoms with Gasteiger partial charge in [-0.1, -0.05) is 6.92 Å². The molecule has 4 nitrogen and oxygen atoms in total. The van der Waals surface area contributed by atoms with E-state index in [0.717, 1.165) is 31.0 Å². The van der Waals surface area contributed by atoms with Gasteiger partial charge < -0.3 is 15.4 Å². The molecule has 0 aromatic heterocycles. The first-order valence-corrected chi connectivity index (χ1v) is 6.77. The van der Waals surface area contributed by atoms with Crippen LogP contribution in [0.3, 0.4) is 0 Å². The van der Waals surface area contributed by atoms with Crippen molar-refractivity contribution >= 4 is 17.3 Å². The highest BCUT2D eigenvalue weighted by molar-refractivity contribution is 5.92. The summed E-state index contributed by atoms with van der Waals surface area (Å²) in [5, 5.41) is 0. The monoisotopic (exact) mass is 262 g/mol. The van der Waals surface area contributed by atoms with Crippen LogP contribution in [0.2, 0.25) is 0 Å². The molecule has 1 aliphatic rings. The average Bonchev–Trinajstić information content (AvgIpc) is 2.39. The van der Waals surface area contributed by atoms with Gasteiger partial charge in [-0.15, -0.1) is 0 Å². The topological polar surface area (TPSA) is 55.6 Å². The van der Waals surface area contributed by atoms with Crippen molar-refractivity contribution in [2.24, 2.45) is 5.92 Å². The van der Waals surface area contributed by atoms with Crippen LogP contribution in [0.15, 0.2) is 18.2 Å². The standard InChI is InChI=1S/C15H22N2O2/c1-10-6-7-17(11(2)8-10)14-9-12(15(18)19-3)4-5-13(14)16/h4-5,9-11H,6-8,16H2,1-3H3. The van der Waals surface area contributed by atoms with Gasteiger partial charge in [-0.25, -0.2) is 4.79 Å². The van der Waals surface area contributed by atoms with Crippen molar-refractivity contribution < 1.29 is 9.53 Å². The molecule has 0 aliphatic carbocycles. The molecule has 1 heterocycles. The van der Waals surface area contributed by atoms with Gasteiger partial charge in [0.05, 0.1) is 24.0 Å². The number of nitrogen functional groups attached to an aromatic ring is 1. The van der Waals surface area contributed by atoms with E-state index in [-0.39, 0.29) is 5.97 Å². The Kier molecular flexibility index (Phi) is 3.98. The van der Waals surface area contributed by atoms with Crippen molar-refractivity contribution in [3.05, 3.63) is 23.8 Å². The number of methoxy groups -OCH3 is 1. The van der Waals surface area contributed by atoms with Gasteiger partial charge in [0, 0.05) is 12.6 Å². The Bertz CT molecular complexity index is 473. The Morgan fingerprint density at radius 2 is 2.16 bits per heavy atom. The number of nitrogens with zero attached hydrogens (tertiary/aromatic N) is 1. The van der Waals surface area contributed by atoms with Crippen molar-refractivity contribution in [3.8, 4) is 0 Å². The predicted molar refractivity (Wildman–Crippen MR) is 77.4 cm³/mol. The summed E-state index contributed by atoms with van der Waals surface area (Å²) in [4.78, 5) is 13.9. The maximum absolute atomic E-state index is 11.6. The largest absolute Gasteiger partial charge is 0.465 e. The van der Waals surface area contributed by atoms with E-state index in [0.29, 0.717) is 17.3 Å². The molecule has 2 rings (SSSR count). The number of benzene rings is 1. The first kappa shape index (κ1) is 13.7. The first-order chi connectivity index (χ1) is 9.02. The van der Waals surface area contributed by atoms with Crippen LogP contribution >= 0.6 is 0 Å². The molecular formula is C15H22N2O2. The molecule has 0 spiro atoms. The van der Waals surface area contributed by atoms with Crippen molar-refractivity contribution in [2.75, 3.05) is 24.3 Å². The smallest absolute Gasteiger partial charge is 0.337 e. The Morgan fingerprint density at radius 1 is 1.42 bits per heavy atom. The Labute approximate surface area is 114 Å². The van der Waals surface area contributed by atoms with E-state index < -0.39 is 0 Å². The quantitative estimate of drug-likeness (QED) is 0.657. The molecule has 19 heavy (non-hydrogen) atoms. The highest BCUT2D eigenvalue weighted by Crippen LogP contribution is 2.32. The summed E-state index contributed by atoms with van der Waals surface area (Å²) in [5.41, 5.74) is 8.28. The van der Waals surface area contributed by atoms with Gasteiger partial charge in [0.25, 0.3) is 0 Å². The lowest BCUT2D eigenvalue weighted by Crippen LogP contribution is -2.40. The number of hydrogen-bond donors (Lipinski definition) is 1. The maximum atomic E-state index is 11.6. The highest BCUT2D eigenvalue weighted by atomic mass is 16.5. The summed E-state index contributed by atoms with van der Waals surface area (Å²) >= 11 is 0. The number of carbonyl (C=O) groups is 1. The number of piperidine rings is 1. The third-order valence-electron chi connectivity index (χ3n) is 3.90. The molecule has 0 saturated carbocycles. The number of ether oxygens (including phenoxy) is 1. The van der Waals surface area contributed by atoms with Crippen LogP contribution in [-0.4, -0.2) is 25.7 Å². The lowest BCUT2D eigenvalue weighted by Gasteiger charge is -2.39. The molecule has 1 aromatic carbocycles. The summed E-state index contributed by atoms with van der Waals surface area (Å²) in [7, 11) is 1.39. The Morgan fingerprint density at radius 3 is 2.79 bits per heavy atom. The number of hydrogen-bond acceptors (Lipinski definition) is 4. The van der Waals surface area contributed by atoms with Gasteiger partial charge in [0.2, 0.25) is 0 Å². The van der Waals surface area contributed by atoms with E-state index in [4.69, 9.17) is 10.5 Å². The lowest BCUT2D eigenvalue weighted by molar-refractivity contribution is 0.0601. The minimum absolute atomic E-state index is 0.320. The minimum Gasteiger partial charge on any atom is -0.465 e. The minimum atomic E-state index is -0.320. The van der Waals surface area contributed by atoms with Gasteiger partial charge in [0.1, 0.15) is 0 Å². The zero-order valence-corrected chi connectivity index (χ0v) is 11.8. The van der Waals surface area contributed by atoms with E-state index in [1.807, 2.05) is 6.07 Å². The van der Waals surface area contributed by atoms with E-state index in [1.54, 1.807) is 12.1 Å². The molecule has 1 fully saturated rings.